The molecule has 2 heterocycles. The van der Waals surface area contributed by atoms with Gasteiger partial charge in [0, 0.05) is 33.1 Å². The Morgan fingerprint density at radius 3 is 2.58 bits per heavy atom. The van der Waals surface area contributed by atoms with E-state index in [-0.39, 0.29) is 17.9 Å². The molecular formula is C17H23N3O4. The van der Waals surface area contributed by atoms with E-state index in [1.807, 2.05) is 24.3 Å². The highest BCUT2D eigenvalue weighted by Gasteiger charge is 2.23. The Morgan fingerprint density at radius 2 is 1.88 bits per heavy atom. The van der Waals surface area contributed by atoms with Gasteiger partial charge in [0.25, 0.3) is 0 Å². The summed E-state index contributed by atoms with van der Waals surface area (Å²) in [5.41, 5.74) is 0. The molecule has 1 fully saturated rings. The van der Waals surface area contributed by atoms with Crippen LogP contribution in [0.5, 0.6) is 11.5 Å². The van der Waals surface area contributed by atoms with Crippen LogP contribution in [-0.2, 0) is 9.59 Å². The zero-order chi connectivity index (χ0) is 16.9. The van der Waals surface area contributed by atoms with Crippen molar-refractivity contribution in [3.05, 3.63) is 24.3 Å². The van der Waals surface area contributed by atoms with Crippen LogP contribution in [0.3, 0.4) is 0 Å². The third-order valence-corrected chi connectivity index (χ3v) is 4.28. The minimum atomic E-state index is -0.182. The second-order valence-electron chi connectivity index (χ2n) is 6.08. The van der Waals surface area contributed by atoms with Crippen molar-refractivity contribution in [3.63, 3.8) is 0 Å². The van der Waals surface area contributed by atoms with Crippen molar-refractivity contribution in [1.29, 1.82) is 0 Å². The molecule has 1 saturated heterocycles. The van der Waals surface area contributed by atoms with Gasteiger partial charge in [0.05, 0.1) is 13.1 Å². The summed E-state index contributed by atoms with van der Waals surface area (Å²) < 4.78 is 11.4. The summed E-state index contributed by atoms with van der Waals surface area (Å²) in [6, 6.07) is 7.52. The Hall–Kier alpha value is -2.28. The highest BCUT2D eigenvalue weighted by molar-refractivity contribution is 5.78. The summed E-state index contributed by atoms with van der Waals surface area (Å²) in [6.07, 6.45) is -0.182. The normalized spacial score (nSPS) is 20.5. The Morgan fingerprint density at radius 1 is 1.17 bits per heavy atom. The topological polar surface area (TPSA) is 71.1 Å². The van der Waals surface area contributed by atoms with E-state index in [9.17, 15) is 9.59 Å². The second-order valence-corrected chi connectivity index (χ2v) is 6.08. The molecule has 2 amide bonds. The lowest BCUT2D eigenvalue weighted by Gasteiger charge is -2.33. The molecule has 2 aliphatic rings. The van der Waals surface area contributed by atoms with Crippen molar-refractivity contribution in [3.8, 4) is 11.5 Å². The standard InChI is InChI=1S/C17H23N3O4/c1-13(21)20-8-6-19(7-9-20)11-17(22)18-10-14-12-23-15-4-2-3-5-16(15)24-14/h2-5,14H,6-12H2,1H3,(H,18,22). The average Bonchev–Trinajstić information content (AvgIpc) is 2.60. The molecule has 2 aliphatic heterocycles. The third-order valence-electron chi connectivity index (χ3n) is 4.28. The summed E-state index contributed by atoms with van der Waals surface area (Å²) in [6.45, 7) is 5.57. The van der Waals surface area contributed by atoms with Crippen molar-refractivity contribution in [2.24, 2.45) is 0 Å². The molecular weight excluding hydrogens is 310 g/mol. The zero-order valence-corrected chi connectivity index (χ0v) is 13.9. The molecule has 0 spiro atoms. The van der Waals surface area contributed by atoms with E-state index in [1.165, 1.54) is 0 Å². The first-order valence-electron chi connectivity index (χ1n) is 8.25. The Bertz CT molecular complexity index is 599. The number of carbonyl (C=O) groups is 2. The fraction of sp³-hybridized carbons (Fsp3) is 0.529. The van der Waals surface area contributed by atoms with Crippen LogP contribution in [0.1, 0.15) is 6.92 Å². The van der Waals surface area contributed by atoms with Crippen molar-refractivity contribution in [2.75, 3.05) is 45.9 Å². The molecule has 1 aromatic carbocycles. The Labute approximate surface area is 141 Å². The van der Waals surface area contributed by atoms with Crippen LogP contribution >= 0.6 is 0 Å². The molecule has 0 saturated carbocycles. The lowest BCUT2D eigenvalue weighted by atomic mass is 10.2. The smallest absolute Gasteiger partial charge is 0.234 e. The molecule has 1 N–H and O–H groups in total. The van der Waals surface area contributed by atoms with Gasteiger partial charge in [0.2, 0.25) is 11.8 Å². The van der Waals surface area contributed by atoms with Crippen molar-refractivity contribution < 1.29 is 19.1 Å². The van der Waals surface area contributed by atoms with Crippen LogP contribution in [0.25, 0.3) is 0 Å². The highest BCUT2D eigenvalue weighted by atomic mass is 16.6. The quantitative estimate of drug-likeness (QED) is 0.847. The molecule has 1 atom stereocenters. The van der Waals surface area contributed by atoms with Crippen LogP contribution in [-0.4, -0.2) is 73.6 Å². The molecule has 7 nitrogen and oxygen atoms in total. The van der Waals surface area contributed by atoms with Gasteiger partial charge in [-0.2, -0.15) is 0 Å². The minimum Gasteiger partial charge on any atom is -0.486 e. The molecule has 24 heavy (non-hydrogen) atoms. The fourth-order valence-electron chi connectivity index (χ4n) is 2.87. The number of para-hydroxylation sites is 2. The van der Waals surface area contributed by atoms with Crippen LogP contribution in [0.4, 0.5) is 0 Å². The number of hydrogen-bond donors (Lipinski definition) is 1. The van der Waals surface area contributed by atoms with E-state index in [2.05, 4.69) is 10.2 Å². The van der Waals surface area contributed by atoms with E-state index >= 15 is 0 Å². The van der Waals surface area contributed by atoms with Crippen LogP contribution in [0.15, 0.2) is 24.3 Å². The fourth-order valence-corrected chi connectivity index (χ4v) is 2.87. The number of nitrogens with one attached hydrogen (secondary N) is 1. The zero-order valence-electron chi connectivity index (χ0n) is 13.9. The monoisotopic (exact) mass is 333 g/mol. The first kappa shape index (κ1) is 16.6. The lowest BCUT2D eigenvalue weighted by molar-refractivity contribution is -0.131. The number of amides is 2. The van der Waals surface area contributed by atoms with Gasteiger partial charge in [-0.05, 0) is 12.1 Å². The number of piperazine rings is 1. The molecule has 0 aromatic heterocycles. The maximum atomic E-state index is 12.1. The number of fused-ring (bicyclic) bond motifs is 1. The third kappa shape index (κ3) is 4.17. The Kier molecular flexibility index (Phi) is 5.20. The number of ether oxygens (including phenoxy) is 2. The van der Waals surface area contributed by atoms with Crippen LogP contribution in [0, 0.1) is 0 Å². The summed E-state index contributed by atoms with van der Waals surface area (Å²) >= 11 is 0. The van der Waals surface area contributed by atoms with Gasteiger partial charge in [-0.25, -0.2) is 0 Å². The lowest BCUT2D eigenvalue weighted by Crippen LogP contribution is -2.51. The number of rotatable bonds is 4. The molecule has 0 radical (unpaired) electrons. The van der Waals surface area contributed by atoms with Gasteiger partial charge >= 0.3 is 0 Å². The first-order valence-corrected chi connectivity index (χ1v) is 8.25. The van der Waals surface area contributed by atoms with E-state index in [0.717, 1.165) is 18.8 Å². The molecule has 1 aromatic rings. The highest BCUT2D eigenvalue weighted by Crippen LogP contribution is 2.30. The predicted octanol–water partition coefficient (Wildman–Crippen LogP) is 0.107. The van der Waals surface area contributed by atoms with Gasteiger partial charge in [-0.15, -0.1) is 0 Å². The van der Waals surface area contributed by atoms with Gasteiger partial charge in [-0.3, -0.25) is 14.5 Å². The largest absolute Gasteiger partial charge is 0.486 e. The van der Waals surface area contributed by atoms with Gasteiger partial charge in [0.15, 0.2) is 11.5 Å². The molecule has 0 bridgehead atoms. The molecule has 1 unspecified atom stereocenters. The maximum Gasteiger partial charge on any atom is 0.234 e. The maximum absolute atomic E-state index is 12.1. The number of benzene rings is 1. The van der Waals surface area contributed by atoms with Crippen LogP contribution < -0.4 is 14.8 Å². The minimum absolute atomic E-state index is 0.0336. The molecule has 7 heteroatoms. The molecule has 0 aliphatic carbocycles. The second kappa shape index (κ2) is 7.53. The summed E-state index contributed by atoms with van der Waals surface area (Å²) in [5.74, 6) is 1.51. The van der Waals surface area contributed by atoms with Crippen molar-refractivity contribution in [2.45, 2.75) is 13.0 Å². The number of hydrogen-bond acceptors (Lipinski definition) is 5. The van der Waals surface area contributed by atoms with Crippen LogP contribution in [0.2, 0.25) is 0 Å². The average molecular weight is 333 g/mol. The van der Waals surface area contributed by atoms with Crippen molar-refractivity contribution >= 4 is 11.8 Å². The van der Waals surface area contributed by atoms with E-state index in [0.29, 0.717) is 38.5 Å². The summed E-state index contributed by atoms with van der Waals surface area (Å²) in [5, 5.41) is 2.90. The first-order chi connectivity index (χ1) is 11.6. The van der Waals surface area contributed by atoms with Gasteiger partial charge in [-0.1, -0.05) is 12.1 Å². The van der Waals surface area contributed by atoms with E-state index < -0.39 is 0 Å². The van der Waals surface area contributed by atoms with E-state index in [1.54, 1.807) is 11.8 Å². The van der Waals surface area contributed by atoms with Gasteiger partial charge < -0.3 is 19.7 Å². The van der Waals surface area contributed by atoms with E-state index in [4.69, 9.17) is 9.47 Å². The Balaban J connectivity index is 1.38. The SMILES string of the molecule is CC(=O)N1CCN(CC(=O)NCC2COc3ccccc3O2)CC1. The number of carbonyl (C=O) groups excluding carboxylic acids is 2. The summed E-state index contributed by atoms with van der Waals surface area (Å²) in [7, 11) is 0. The number of nitrogens with zero attached hydrogens (tertiary/aromatic N) is 2. The summed E-state index contributed by atoms with van der Waals surface area (Å²) in [4.78, 5) is 27.2. The molecule has 130 valence electrons. The molecule has 3 rings (SSSR count). The predicted molar refractivity (Wildman–Crippen MR) is 88.1 cm³/mol. The van der Waals surface area contributed by atoms with Gasteiger partial charge in [0.1, 0.15) is 12.7 Å². The van der Waals surface area contributed by atoms with Crippen molar-refractivity contribution in [1.82, 2.24) is 15.1 Å².